The zero-order chi connectivity index (χ0) is 22.8. The number of hydrogen-bond donors (Lipinski definition) is 1. The van der Waals surface area contributed by atoms with Gasteiger partial charge in [0.25, 0.3) is 0 Å². The van der Waals surface area contributed by atoms with Gasteiger partial charge in [-0.05, 0) is 55.5 Å². The van der Waals surface area contributed by atoms with Gasteiger partial charge in [-0.15, -0.1) is 0 Å². The van der Waals surface area contributed by atoms with Crippen molar-refractivity contribution in [3.63, 3.8) is 0 Å². The second-order valence-electron chi connectivity index (χ2n) is 9.11. The summed E-state index contributed by atoms with van der Waals surface area (Å²) >= 11 is 0. The van der Waals surface area contributed by atoms with E-state index in [0.29, 0.717) is 50.1 Å². The second kappa shape index (κ2) is 9.25. The van der Waals surface area contributed by atoms with Gasteiger partial charge in [0.2, 0.25) is 0 Å². The van der Waals surface area contributed by atoms with Crippen molar-refractivity contribution in [2.45, 2.75) is 32.6 Å². The van der Waals surface area contributed by atoms with Crippen LogP contribution >= 0.6 is 0 Å². The van der Waals surface area contributed by atoms with Gasteiger partial charge in [0, 0.05) is 31.6 Å². The average Bonchev–Trinajstić information content (AvgIpc) is 3.36. The highest BCUT2D eigenvalue weighted by Gasteiger charge is 2.26. The van der Waals surface area contributed by atoms with Gasteiger partial charge in [-0.2, -0.15) is 0 Å². The van der Waals surface area contributed by atoms with E-state index in [-0.39, 0.29) is 11.8 Å². The molecule has 2 heterocycles. The smallest absolute Gasteiger partial charge is 0.409 e. The van der Waals surface area contributed by atoms with Crippen LogP contribution in [-0.2, 0) is 4.74 Å². The Labute approximate surface area is 194 Å². The topological polar surface area (TPSA) is 78.8 Å². The highest BCUT2D eigenvalue weighted by atomic mass is 16.6. The van der Waals surface area contributed by atoms with E-state index in [1.165, 1.54) is 25.7 Å². The first-order chi connectivity index (χ1) is 16.1. The molecular weight excluding hydrogens is 416 g/mol. The minimum atomic E-state index is -0.209. The number of amides is 1. The SMILES string of the molecule is Cc1ccc2c(N3CCN(C(=O)OCC4CCCC4)CC3)nc(-c3ccccc3O)nc2c1. The number of ether oxygens (including phenoxy) is 1. The number of aryl methyl sites for hydroxylation is 1. The Morgan fingerprint density at radius 1 is 1.06 bits per heavy atom. The maximum Gasteiger partial charge on any atom is 0.409 e. The zero-order valence-electron chi connectivity index (χ0n) is 19.0. The van der Waals surface area contributed by atoms with Crippen molar-refractivity contribution in [1.29, 1.82) is 0 Å². The van der Waals surface area contributed by atoms with Gasteiger partial charge < -0.3 is 19.6 Å². The molecule has 1 N–H and O–H groups in total. The fourth-order valence-electron chi connectivity index (χ4n) is 4.81. The third kappa shape index (κ3) is 4.58. The third-order valence-corrected chi connectivity index (χ3v) is 6.73. The molecule has 0 radical (unpaired) electrons. The number of anilines is 1. The Kier molecular flexibility index (Phi) is 6.03. The van der Waals surface area contributed by atoms with E-state index in [0.717, 1.165) is 22.3 Å². The lowest BCUT2D eigenvalue weighted by molar-refractivity contribution is 0.0864. The molecule has 7 nitrogen and oxygen atoms in total. The van der Waals surface area contributed by atoms with Gasteiger partial charge >= 0.3 is 6.09 Å². The average molecular weight is 447 g/mol. The molecule has 172 valence electrons. The molecule has 1 saturated carbocycles. The predicted octanol–water partition coefficient (Wildman–Crippen LogP) is 4.76. The third-order valence-electron chi connectivity index (χ3n) is 6.73. The number of phenols is 1. The Bertz CT molecular complexity index is 1150. The quantitative estimate of drug-likeness (QED) is 0.623. The van der Waals surface area contributed by atoms with Gasteiger partial charge in [-0.3, -0.25) is 0 Å². The fraction of sp³-hybridized carbons (Fsp3) is 0.423. The number of benzene rings is 2. The molecule has 5 rings (SSSR count). The number of carbonyl (C=O) groups is 1. The Balaban J connectivity index is 1.36. The molecule has 7 heteroatoms. The molecule has 0 bridgehead atoms. The van der Waals surface area contributed by atoms with Crippen LogP contribution in [0.25, 0.3) is 22.3 Å². The second-order valence-corrected chi connectivity index (χ2v) is 9.11. The number of aromatic hydroxyl groups is 1. The molecule has 1 saturated heterocycles. The number of hydrogen-bond acceptors (Lipinski definition) is 6. The molecule has 1 aromatic heterocycles. The highest BCUT2D eigenvalue weighted by Crippen LogP contribution is 2.32. The Morgan fingerprint density at radius 2 is 1.82 bits per heavy atom. The number of phenolic OH excluding ortho intramolecular Hbond substituents is 1. The van der Waals surface area contributed by atoms with E-state index < -0.39 is 0 Å². The van der Waals surface area contributed by atoms with E-state index in [1.54, 1.807) is 17.0 Å². The van der Waals surface area contributed by atoms with Crippen LogP contribution in [0, 0.1) is 12.8 Å². The summed E-state index contributed by atoms with van der Waals surface area (Å²) in [6.45, 7) is 5.09. The normalized spacial score (nSPS) is 17.0. The lowest BCUT2D eigenvalue weighted by Gasteiger charge is -2.35. The summed E-state index contributed by atoms with van der Waals surface area (Å²) in [5.74, 6) is 2.01. The first-order valence-corrected chi connectivity index (χ1v) is 11.8. The van der Waals surface area contributed by atoms with E-state index in [9.17, 15) is 9.90 Å². The number of aromatic nitrogens is 2. The lowest BCUT2D eigenvalue weighted by Crippen LogP contribution is -2.49. The summed E-state index contributed by atoms with van der Waals surface area (Å²) in [5, 5.41) is 11.3. The van der Waals surface area contributed by atoms with Gasteiger partial charge in [0.05, 0.1) is 17.7 Å². The Hall–Kier alpha value is -3.35. The van der Waals surface area contributed by atoms with Crippen LogP contribution in [0.5, 0.6) is 5.75 Å². The van der Waals surface area contributed by atoms with E-state index in [1.807, 2.05) is 25.1 Å². The fourth-order valence-corrected chi connectivity index (χ4v) is 4.81. The van der Waals surface area contributed by atoms with Crippen molar-refractivity contribution < 1.29 is 14.6 Å². The van der Waals surface area contributed by atoms with Crippen LogP contribution in [0.1, 0.15) is 31.2 Å². The minimum Gasteiger partial charge on any atom is -0.507 e. The summed E-state index contributed by atoms with van der Waals surface area (Å²) < 4.78 is 5.59. The van der Waals surface area contributed by atoms with Crippen LogP contribution < -0.4 is 4.90 Å². The van der Waals surface area contributed by atoms with Crippen LogP contribution in [-0.4, -0.2) is 58.9 Å². The molecular formula is C26H30N4O3. The molecule has 0 spiro atoms. The number of para-hydroxylation sites is 1. The van der Waals surface area contributed by atoms with Crippen molar-refractivity contribution in [2.24, 2.45) is 5.92 Å². The van der Waals surface area contributed by atoms with Gasteiger partial charge in [-0.25, -0.2) is 14.8 Å². The molecule has 0 unspecified atom stereocenters. The summed E-state index contributed by atoms with van der Waals surface area (Å²) in [5.41, 5.74) is 2.57. The Morgan fingerprint density at radius 3 is 2.58 bits per heavy atom. The number of carbonyl (C=O) groups excluding carboxylic acids is 1. The maximum absolute atomic E-state index is 12.6. The summed E-state index contributed by atoms with van der Waals surface area (Å²) in [4.78, 5) is 26.2. The monoisotopic (exact) mass is 446 g/mol. The number of fused-ring (bicyclic) bond motifs is 1. The van der Waals surface area contributed by atoms with Crippen molar-refractivity contribution in [3.8, 4) is 17.1 Å². The molecule has 1 aliphatic carbocycles. The molecule has 33 heavy (non-hydrogen) atoms. The molecule has 2 fully saturated rings. The van der Waals surface area contributed by atoms with Crippen molar-refractivity contribution in [2.75, 3.05) is 37.7 Å². The minimum absolute atomic E-state index is 0.158. The van der Waals surface area contributed by atoms with Crippen LogP contribution in [0.15, 0.2) is 42.5 Å². The lowest BCUT2D eigenvalue weighted by atomic mass is 10.1. The molecule has 3 aromatic rings. The van der Waals surface area contributed by atoms with E-state index >= 15 is 0 Å². The van der Waals surface area contributed by atoms with Crippen LogP contribution in [0.4, 0.5) is 10.6 Å². The molecule has 1 amide bonds. The maximum atomic E-state index is 12.6. The van der Waals surface area contributed by atoms with Gasteiger partial charge in [0.1, 0.15) is 11.6 Å². The highest BCUT2D eigenvalue weighted by molar-refractivity contribution is 5.92. The number of piperazine rings is 1. The molecule has 2 aliphatic rings. The summed E-state index contributed by atoms with van der Waals surface area (Å²) in [7, 11) is 0. The summed E-state index contributed by atoms with van der Waals surface area (Å²) in [6.07, 6.45) is 4.62. The standard InChI is InChI=1S/C26H30N4O3/c1-18-10-11-20-22(16-18)27-24(21-8-4-5-9-23(21)31)28-25(20)29-12-14-30(15-13-29)26(32)33-17-19-6-2-3-7-19/h4-5,8-11,16,19,31H,2-3,6-7,12-15,17H2,1H3. The molecule has 1 aliphatic heterocycles. The predicted molar refractivity (Wildman–Crippen MR) is 128 cm³/mol. The summed E-state index contributed by atoms with van der Waals surface area (Å²) in [6, 6.07) is 13.3. The van der Waals surface area contributed by atoms with Gasteiger partial charge in [-0.1, -0.05) is 31.0 Å². The van der Waals surface area contributed by atoms with Crippen LogP contribution in [0.3, 0.4) is 0 Å². The number of rotatable bonds is 4. The van der Waals surface area contributed by atoms with Gasteiger partial charge in [0.15, 0.2) is 5.82 Å². The molecule has 2 aromatic carbocycles. The molecule has 0 atom stereocenters. The van der Waals surface area contributed by atoms with Crippen molar-refractivity contribution in [3.05, 3.63) is 48.0 Å². The zero-order valence-corrected chi connectivity index (χ0v) is 19.0. The van der Waals surface area contributed by atoms with Crippen LogP contribution in [0.2, 0.25) is 0 Å². The number of nitrogens with zero attached hydrogens (tertiary/aromatic N) is 4. The first-order valence-electron chi connectivity index (χ1n) is 11.8. The van der Waals surface area contributed by atoms with E-state index in [2.05, 4.69) is 17.0 Å². The van der Waals surface area contributed by atoms with Crippen molar-refractivity contribution in [1.82, 2.24) is 14.9 Å². The van der Waals surface area contributed by atoms with Crippen molar-refractivity contribution >= 4 is 22.8 Å². The largest absolute Gasteiger partial charge is 0.507 e. The first kappa shape index (κ1) is 21.5. The van der Waals surface area contributed by atoms with E-state index in [4.69, 9.17) is 14.7 Å².